The van der Waals surface area contributed by atoms with Crippen LogP contribution < -0.4 is 11.4 Å². The molecule has 1 aromatic heterocycles. The second-order valence-corrected chi connectivity index (χ2v) is 6.08. The molecule has 0 aliphatic rings. The van der Waals surface area contributed by atoms with Gasteiger partial charge in [0, 0.05) is 16.4 Å². The van der Waals surface area contributed by atoms with Gasteiger partial charge in [-0.25, -0.2) is 4.79 Å². The molecule has 4 nitrogen and oxygen atoms in total. The molecule has 5 heteroatoms. The molecule has 108 valence electrons. The molecule has 2 unspecified atom stereocenters. The van der Waals surface area contributed by atoms with Crippen molar-refractivity contribution < 1.29 is 0 Å². The van der Waals surface area contributed by atoms with Crippen molar-refractivity contribution in [1.82, 2.24) is 9.97 Å². The highest BCUT2D eigenvalue weighted by Crippen LogP contribution is 2.34. The lowest BCUT2D eigenvalue weighted by atomic mass is 9.89. The summed E-state index contributed by atoms with van der Waals surface area (Å²) >= 11 is 3.55. The number of aromatic nitrogens is 2. The fourth-order valence-electron chi connectivity index (χ4n) is 2.56. The topological polar surface area (TPSA) is 74.7 Å². The SMILES string of the molecule is CC(c1ccccc1)C(N)c1cc2[nH]c(=O)[nH]c2cc1Br. The second kappa shape index (κ2) is 5.50. The normalized spacial score (nSPS) is 14.2. The highest BCUT2D eigenvalue weighted by Gasteiger charge is 2.20. The van der Waals surface area contributed by atoms with Crippen molar-refractivity contribution in [1.29, 1.82) is 0 Å². The molecular formula is C16H16BrN3O. The molecule has 0 spiro atoms. The van der Waals surface area contributed by atoms with Gasteiger partial charge in [-0.1, -0.05) is 53.2 Å². The molecule has 1 heterocycles. The average molecular weight is 346 g/mol. The first-order valence-corrected chi connectivity index (χ1v) is 7.57. The van der Waals surface area contributed by atoms with Gasteiger partial charge < -0.3 is 15.7 Å². The minimum atomic E-state index is -0.210. The number of H-pyrrole nitrogens is 2. The van der Waals surface area contributed by atoms with E-state index in [1.807, 2.05) is 30.3 Å². The number of halogens is 1. The van der Waals surface area contributed by atoms with Crippen LogP contribution in [0.4, 0.5) is 0 Å². The highest BCUT2D eigenvalue weighted by molar-refractivity contribution is 9.10. The van der Waals surface area contributed by atoms with Gasteiger partial charge in [0.05, 0.1) is 11.0 Å². The van der Waals surface area contributed by atoms with E-state index in [4.69, 9.17) is 5.73 Å². The molecule has 0 fully saturated rings. The minimum Gasteiger partial charge on any atom is -0.323 e. The van der Waals surface area contributed by atoms with Gasteiger partial charge in [-0.3, -0.25) is 0 Å². The first-order valence-electron chi connectivity index (χ1n) is 6.78. The Morgan fingerprint density at radius 1 is 1.10 bits per heavy atom. The summed E-state index contributed by atoms with van der Waals surface area (Å²) in [6.07, 6.45) is 0. The number of imidazole rings is 1. The number of nitrogens with two attached hydrogens (primary N) is 1. The third-order valence-electron chi connectivity index (χ3n) is 3.86. The lowest BCUT2D eigenvalue weighted by Gasteiger charge is -2.22. The number of aromatic amines is 2. The zero-order valence-corrected chi connectivity index (χ0v) is 13.1. The van der Waals surface area contributed by atoms with E-state index in [1.165, 1.54) is 5.56 Å². The lowest BCUT2D eigenvalue weighted by Crippen LogP contribution is -2.18. The van der Waals surface area contributed by atoms with E-state index >= 15 is 0 Å². The maximum atomic E-state index is 11.4. The molecule has 2 aromatic carbocycles. The summed E-state index contributed by atoms with van der Waals surface area (Å²) in [5.74, 6) is 0.172. The smallest absolute Gasteiger partial charge is 0.323 e. The molecule has 3 rings (SSSR count). The monoisotopic (exact) mass is 345 g/mol. The molecule has 0 amide bonds. The van der Waals surface area contributed by atoms with Crippen LogP contribution in [-0.4, -0.2) is 9.97 Å². The van der Waals surface area contributed by atoms with E-state index in [0.29, 0.717) is 0 Å². The molecule has 0 aliphatic carbocycles. The standard InChI is InChI=1S/C16H16BrN3O/c1-9(10-5-3-2-4-6-10)15(18)11-7-13-14(8-12(11)17)20-16(21)19-13/h2-9,15H,18H2,1H3,(H2,19,20,21). The Balaban J connectivity index is 2.02. The average Bonchev–Trinajstić information content (AvgIpc) is 2.85. The Morgan fingerprint density at radius 2 is 1.71 bits per heavy atom. The van der Waals surface area contributed by atoms with Crippen molar-refractivity contribution in [2.24, 2.45) is 5.73 Å². The molecule has 0 bridgehead atoms. The van der Waals surface area contributed by atoms with Gasteiger partial charge in [-0.05, 0) is 23.3 Å². The van der Waals surface area contributed by atoms with Gasteiger partial charge in [-0.15, -0.1) is 0 Å². The predicted octanol–water partition coefficient (Wildman–Crippen LogP) is 3.42. The Bertz CT molecular complexity index is 822. The van der Waals surface area contributed by atoms with Crippen molar-refractivity contribution in [3.05, 3.63) is 68.5 Å². The van der Waals surface area contributed by atoms with Gasteiger partial charge in [0.2, 0.25) is 0 Å². The molecule has 2 atom stereocenters. The van der Waals surface area contributed by atoms with Gasteiger partial charge >= 0.3 is 5.69 Å². The third kappa shape index (κ3) is 2.66. The molecule has 0 saturated carbocycles. The summed E-state index contributed by atoms with van der Waals surface area (Å²) < 4.78 is 0.903. The summed E-state index contributed by atoms with van der Waals surface area (Å²) in [4.78, 5) is 16.9. The Hall–Kier alpha value is -1.85. The fraction of sp³-hybridized carbons (Fsp3) is 0.188. The minimum absolute atomic E-state index is 0.162. The first kappa shape index (κ1) is 14.1. The summed E-state index contributed by atoms with van der Waals surface area (Å²) in [7, 11) is 0. The zero-order chi connectivity index (χ0) is 15.0. The van der Waals surface area contributed by atoms with E-state index in [2.05, 4.69) is 45.0 Å². The molecule has 0 radical (unpaired) electrons. The lowest BCUT2D eigenvalue weighted by molar-refractivity contribution is 0.596. The number of fused-ring (bicyclic) bond motifs is 1. The van der Waals surface area contributed by atoms with E-state index in [0.717, 1.165) is 21.1 Å². The molecule has 21 heavy (non-hydrogen) atoms. The van der Waals surface area contributed by atoms with Crippen LogP contribution in [0.25, 0.3) is 11.0 Å². The van der Waals surface area contributed by atoms with Crippen LogP contribution in [-0.2, 0) is 0 Å². The van der Waals surface area contributed by atoms with Crippen LogP contribution in [0.5, 0.6) is 0 Å². The van der Waals surface area contributed by atoms with E-state index in [-0.39, 0.29) is 17.6 Å². The summed E-state index contributed by atoms with van der Waals surface area (Å²) in [5.41, 5.74) is 9.95. The zero-order valence-electron chi connectivity index (χ0n) is 11.6. The molecule has 0 saturated heterocycles. The van der Waals surface area contributed by atoms with Gasteiger partial charge in [0.15, 0.2) is 0 Å². The van der Waals surface area contributed by atoms with Crippen LogP contribution in [0.3, 0.4) is 0 Å². The van der Waals surface area contributed by atoms with Crippen molar-refractivity contribution in [3.63, 3.8) is 0 Å². The van der Waals surface area contributed by atoms with Gasteiger partial charge in [-0.2, -0.15) is 0 Å². The van der Waals surface area contributed by atoms with Gasteiger partial charge in [0.1, 0.15) is 0 Å². The first-order chi connectivity index (χ1) is 10.1. The molecule has 3 aromatic rings. The maximum Gasteiger partial charge on any atom is 0.323 e. The van der Waals surface area contributed by atoms with Crippen molar-refractivity contribution >= 4 is 27.0 Å². The second-order valence-electron chi connectivity index (χ2n) is 5.22. The number of rotatable bonds is 3. The Labute approximate surface area is 130 Å². The van der Waals surface area contributed by atoms with Crippen LogP contribution >= 0.6 is 15.9 Å². The summed E-state index contributed by atoms with van der Waals surface area (Å²) in [6.45, 7) is 2.11. The predicted molar refractivity (Wildman–Crippen MR) is 88.4 cm³/mol. The summed E-state index contributed by atoms with van der Waals surface area (Å²) in [5, 5.41) is 0. The molecular weight excluding hydrogens is 330 g/mol. The quantitative estimate of drug-likeness (QED) is 0.680. The number of hydrogen-bond donors (Lipinski definition) is 3. The number of nitrogens with one attached hydrogen (secondary N) is 2. The van der Waals surface area contributed by atoms with Crippen molar-refractivity contribution in [3.8, 4) is 0 Å². The highest BCUT2D eigenvalue weighted by atomic mass is 79.9. The van der Waals surface area contributed by atoms with Crippen LogP contribution in [0.2, 0.25) is 0 Å². The Kier molecular flexibility index (Phi) is 3.69. The molecule has 0 aliphatic heterocycles. The maximum absolute atomic E-state index is 11.4. The number of hydrogen-bond acceptors (Lipinski definition) is 2. The third-order valence-corrected chi connectivity index (χ3v) is 4.54. The van der Waals surface area contributed by atoms with Crippen molar-refractivity contribution in [2.45, 2.75) is 18.9 Å². The van der Waals surface area contributed by atoms with Crippen LogP contribution in [0.1, 0.15) is 30.0 Å². The fourth-order valence-corrected chi connectivity index (χ4v) is 3.17. The van der Waals surface area contributed by atoms with Crippen LogP contribution in [0, 0.1) is 0 Å². The largest absolute Gasteiger partial charge is 0.323 e. The van der Waals surface area contributed by atoms with Gasteiger partial charge in [0.25, 0.3) is 0 Å². The van der Waals surface area contributed by atoms with Crippen molar-refractivity contribution in [2.75, 3.05) is 0 Å². The van der Waals surface area contributed by atoms with Crippen LogP contribution in [0.15, 0.2) is 51.7 Å². The summed E-state index contributed by atoms with van der Waals surface area (Å²) in [6, 6.07) is 13.8. The molecule has 4 N–H and O–H groups in total. The Morgan fingerprint density at radius 3 is 2.38 bits per heavy atom. The van der Waals surface area contributed by atoms with E-state index < -0.39 is 0 Å². The number of benzene rings is 2. The van der Waals surface area contributed by atoms with E-state index in [1.54, 1.807) is 0 Å². The van der Waals surface area contributed by atoms with E-state index in [9.17, 15) is 4.79 Å².